The van der Waals surface area contributed by atoms with Crippen molar-refractivity contribution in [3.05, 3.63) is 29.6 Å². The average molecular weight is 376 g/mol. The first kappa shape index (κ1) is 19.3. The average Bonchev–Trinajstić information content (AvgIpc) is 2.66. The molecule has 0 saturated carbocycles. The molecule has 0 unspecified atom stereocenters. The van der Waals surface area contributed by atoms with Gasteiger partial charge in [-0.3, -0.25) is 9.59 Å². The van der Waals surface area contributed by atoms with E-state index in [4.69, 9.17) is 11.2 Å². The fourth-order valence-electron chi connectivity index (χ4n) is 3.44. The van der Waals surface area contributed by atoms with Gasteiger partial charge in [-0.25, -0.2) is 4.39 Å². The molecule has 1 spiro atoms. The molecule has 2 saturated heterocycles. The second kappa shape index (κ2) is 7.64. The molecule has 2 aliphatic heterocycles. The Morgan fingerprint density at radius 3 is 2.59 bits per heavy atom. The topological polar surface area (TPSA) is 99.1 Å². The predicted octanol–water partition coefficient (Wildman–Crippen LogP) is 0.249. The Kier molecular flexibility index (Phi) is 5.46. The minimum absolute atomic E-state index is 0.0442. The van der Waals surface area contributed by atoms with E-state index in [0.29, 0.717) is 18.4 Å². The monoisotopic (exact) mass is 376 g/mol. The number of hydrogen-bond acceptors (Lipinski definition) is 5. The number of ether oxygens (including phenoxy) is 1. The highest BCUT2D eigenvalue weighted by Gasteiger charge is 2.44. The van der Waals surface area contributed by atoms with Gasteiger partial charge in [-0.2, -0.15) is 0 Å². The SMILES string of the molecule is C#Cc1ccc(NC(=O)C(=O)N2CCC3(CC2)C[C@H](O)[C@H](O)CO3)c(F)c1. The molecule has 2 amide bonds. The Balaban J connectivity index is 1.58. The van der Waals surface area contributed by atoms with E-state index in [-0.39, 0.29) is 31.8 Å². The van der Waals surface area contributed by atoms with Crippen LogP contribution in [-0.4, -0.2) is 64.4 Å². The number of hydrogen-bond donors (Lipinski definition) is 3. The summed E-state index contributed by atoms with van der Waals surface area (Å²) in [5.41, 5.74) is -0.380. The fraction of sp³-hybridized carbons (Fsp3) is 0.474. The molecule has 1 aromatic carbocycles. The molecule has 2 fully saturated rings. The van der Waals surface area contributed by atoms with Gasteiger partial charge in [0.2, 0.25) is 0 Å². The van der Waals surface area contributed by atoms with Gasteiger partial charge in [0.1, 0.15) is 11.9 Å². The molecular weight excluding hydrogens is 355 g/mol. The van der Waals surface area contributed by atoms with Gasteiger partial charge in [-0.15, -0.1) is 6.42 Å². The van der Waals surface area contributed by atoms with E-state index in [1.54, 1.807) is 0 Å². The van der Waals surface area contributed by atoms with Crippen molar-refractivity contribution in [2.45, 2.75) is 37.1 Å². The van der Waals surface area contributed by atoms with Crippen LogP contribution in [0.5, 0.6) is 0 Å². The Labute approximate surface area is 156 Å². The number of halogens is 1. The molecule has 144 valence electrons. The van der Waals surface area contributed by atoms with Crippen molar-refractivity contribution in [1.29, 1.82) is 0 Å². The van der Waals surface area contributed by atoms with Crippen molar-refractivity contribution in [2.75, 3.05) is 25.0 Å². The fourth-order valence-corrected chi connectivity index (χ4v) is 3.44. The maximum atomic E-state index is 13.9. The van der Waals surface area contributed by atoms with Crippen molar-refractivity contribution < 1.29 is 28.9 Å². The number of anilines is 1. The number of carbonyl (C=O) groups is 2. The van der Waals surface area contributed by atoms with E-state index in [9.17, 15) is 24.2 Å². The summed E-state index contributed by atoms with van der Waals surface area (Å²) in [6.07, 6.45) is 4.60. The summed E-state index contributed by atoms with van der Waals surface area (Å²) in [5.74, 6) is -0.126. The van der Waals surface area contributed by atoms with Crippen molar-refractivity contribution in [1.82, 2.24) is 4.90 Å². The number of amides is 2. The van der Waals surface area contributed by atoms with E-state index >= 15 is 0 Å². The molecule has 7 nitrogen and oxygen atoms in total. The molecule has 0 aromatic heterocycles. The Morgan fingerprint density at radius 2 is 2.00 bits per heavy atom. The van der Waals surface area contributed by atoms with Crippen LogP contribution in [0.15, 0.2) is 18.2 Å². The molecule has 2 heterocycles. The second-order valence-corrected chi connectivity index (χ2v) is 6.92. The number of aliphatic hydroxyl groups excluding tert-OH is 2. The summed E-state index contributed by atoms with van der Waals surface area (Å²) in [6.45, 7) is 0.587. The van der Waals surface area contributed by atoms with Crippen molar-refractivity contribution >= 4 is 17.5 Å². The molecule has 2 atom stereocenters. The van der Waals surface area contributed by atoms with Gasteiger partial charge in [0.15, 0.2) is 0 Å². The zero-order chi connectivity index (χ0) is 19.6. The summed E-state index contributed by atoms with van der Waals surface area (Å²) in [4.78, 5) is 25.9. The molecule has 2 aliphatic rings. The van der Waals surface area contributed by atoms with Gasteiger partial charge < -0.3 is 25.2 Å². The smallest absolute Gasteiger partial charge is 0.313 e. The van der Waals surface area contributed by atoms with Crippen molar-refractivity contribution in [2.24, 2.45) is 0 Å². The zero-order valence-corrected chi connectivity index (χ0v) is 14.7. The maximum absolute atomic E-state index is 13.9. The van der Waals surface area contributed by atoms with Crippen LogP contribution >= 0.6 is 0 Å². The van der Waals surface area contributed by atoms with Crippen LogP contribution in [0.4, 0.5) is 10.1 Å². The lowest BCUT2D eigenvalue weighted by atomic mass is 9.82. The standard InChI is InChI=1S/C19H21FN2O5/c1-2-12-3-4-14(13(20)9-12)21-17(25)18(26)22-7-5-19(6-8-22)10-15(23)16(24)11-27-19/h1,3-4,9,15-16,23-24H,5-8,10-11H2,(H,21,25)/t15-,16+/m0/s1. The van der Waals surface area contributed by atoms with Gasteiger partial charge in [0.25, 0.3) is 0 Å². The van der Waals surface area contributed by atoms with E-state index in [1.807, 2.05) is 0 Å². The van der Waals surface area contributed by atoms with Crippen LogP contribution in [0.3, 0.4) is 0 Å². The Morgan fingerprint density at radius 1 is 1.30 bits per heavy atom. The van der Waals surface area contributed by atoms with Crippen LogP contribution in [0.1, 0.15) is 24.8 Å². The van der Waals surface area contributed by atoms with Gasteiger partial charge in [-0.1, -0.05) is 5.92 Å². The largest absolute Gasteiger partial charge is 0.390 e. The van der Waals surface area contributed by atoms with E-state index in [2.05, 4.69) is 11.2 Å². The normalized spacial score (nSPS) is 24.3. The van der Waals surface area contributed by atoms with Crippen LogP contribution in [0.25, 0.3) is 0 Å². The number of likely N-dealkylation sites (tertiary alicyclic amines) is 1. The number of nitrogens with zero attached hydrogens (tertiary/aromatic N) is 1. The Hall–Kier alpha value is -2.47. The van der Waals surface area contributed by atoms with Crippen LogP contribution < -0.4 is 5.32 Å². The number of benzene rings is 1. The first-order chi connectivity index (χ1) is 12.8. The van der Waals surface area contributed by atoms with E-state index in [0.717, 1.165) is 6.07 Å². The second-order valence-electron chi connectivity index (χ2n) is 6.92. The lowest BCUT2D eigenvalue weighted by molar-refractivity contribution is -0.189. The van der Waals surface area contributed by atoms with Crippen LogP contribution in [0, 0.1) is 18.2 Å². The summed E-state index contributed by atoms with van der Waals surface area (Å²) < 4.78 is 19.6. The third-order valence-corrected chi connectivity index (χ3v) is 5.13. The van der Waals surface area contributed by atoms with E-state index < -0.39 is 35.4 Å². The lowest BCUT2D eigenvalue weighted by Crippen LogP contribution is -2.56. The third-order valence-electron chi connectivity index (χ3n) is 5.13. The van der Waals surface area contributed by atoms with Crippen molar-refractivity contribution in [3.63, 3.8) is 0 Å². The number of carbonyl (C=O) groups excluding carboxylic acids is 2. The molecule has 0 aliphatic carbocycles. The highest BCUT2D eigenvalue weighted by molar-refractivity contribution is 6.39. The molecule has 3 rings (SSSR count). The van der Waals surface area contributed by atoms with Crippen LogP contribution in [-0.2, 0) is 14.3 Å². The molecular formula is C19H21FN2O5. The summed E-state index contributed by atoms with van der Waals surface area (Å²) >= 11 is 0. The molecule has 8 heteroatoms. The van der Waals surface area contributed by atoms with E-state index in [1.165, 1.54) is 17.0 Å². The van der Waals surface area contributed by atoms with Gasteiger partial charge in [0.05, 0.1) is 24.0 Å². The first-order valence-corrected chi connectivity index (χ1v) is 8.70. The molecule has 1 aromatic rings. The predicted molar refractivity (Wildman–Crippen MR) is 94.1 cm³/mol. The highest BCUT2D eigenvalue weighted by atomic mass is 19.1. The molecule has 0 bridgehead atoms. The summed E-state index contributed by atoms with van der Waals surface area (Å²) in [5, 5.41) is 21.7. The number of nitrogens with one attached hydrogen (secondary N) is 1. The highest BCUT2D eigenvalue weighted by Crippen LogP contribution is 2.35. The van der Waals surface area contributed by atoms with Gasteiger partial charge in [0, 0.05) is 25.1 Å². The summed E-state index contributed by atoms with van der Waals surface area (Å²) in [7, 11) is 0. The minimum atomic E-state index is -0.932. The Bertz CT molecular complexity index is 783. The van der Waals surface area contributed by atoms with Gasteiger partial charge in [-0.05, 0) is 31.0 Å². The van der Waals surface area contributed by atoms with Crippen LogP contribution in [0.2, 0.25) is 0 Å². The number of piperidine rings is 1. The first-order valence-electron chi connectivity index (χ1n) is 8.70. The quantitative estimate of drug-likeness (QED) is 0.482. The number of rotatable bonds is 1. The molecule has 0 radical (unpaired) electrons. The number of terminal acetylenes is 1. The zero-order valence-electron chi connectivity index (χ0n) is 14.7. The third kappa shape index (κ3) is 4.11. The minimum Gasteiger partial charge on any atom is -0.390 e. The summed E-state index contributed by atoms with van der Waals surface area (Å²) in [6, 6.07) is 3.88. The lowest BCUT2D eigenvalue weighted by Gasteiger charge is -2.46. The molecule has 27 heavy (non-hydrogen) atoms. The maximum Gasteiger partial charge on any atom is 0.313 e. The van der Waals surface area contributed by atoms with Crippen molar-refractivity contribution in [3.8, 4) is 12.3 Å². The van der Waals surface area contributed by atoms with Gasteiger partial charge >= 0.3 is 11.8 Å². The molecule has 3 N–H and O–H groups in total. The number of aliphatic hydroxyl groups is 2.